The third-order valence-corrected chi connectivity index (χ3v) is 3.45. The van der Waals surface area contributed by atoms with Crippen LogP contribution < -0.4 is 21.9 Å². The molecule has 0 bridgehead atoms. The molecule has 0 unspecified atom stereocenters. The van der Waals surface area contributed by atoms with E-state index >= 15 is 0 Å². The minimum Gasteiger partial charge on any atom is -0.389 e. The monoisotopic (exact) mass is 386 g/mol. The van der Waals surface area contributed by atoms with E-state index in [0.717, 1.165) is 50.0 Å². The number of hydrazine groups is 1. The molecule has 1 amide bonds. The van der Waals surface area contributed by atoms with Crippen LogP contribution in [0.3, 0.4) is 0 Å². The summed E-state index contributed by atoms with van der Waals surface area (Å²) in [6.07, 6.45) is 4.36. The Labute approximate surface area is 163 Å². The largest absolute Gasteiger partial charge is 0.389 e. The molecule has 0 aromatic carbocycles. The predicted octanol–water partition coefficient (Wildman–Crippen LogP) is 1.20. The summed E-state index contributed by atoms with van der Waals surface area (Å²) in [7, 11) is 0. The van der Waals surface area contributed by atoms with Crippen molar-refractivity contribution in [3.8, 4) is 0 Å². The second kappa shape index (κ2) is 19.2. The number of ether oxygens (including phenoxy) is 3. The van der Waals surface area contributed by atoms with Crippen LogP contribution >= 0.6 is 0 Å². The summed E-state index contributed by atoms with van der Waals surface area (Å²) in [4.78, 5) is 10.8. The van der Waals surface area contributed by atoms with Crippen LogP contribution in [-0.4, -0.2) is 58.6 Å². The lowest BCUT2D eigenvalue weighted by Gasteiger charge is -2.12. The number of allylic oxidation sites excluding steroid dienone is 2. The minimum atomic E-state index is -0.136. The summed E-state index contributed by atoms with van der Waals surface area (Å²) in [6.45, 7) is 14.5. The van der Waals surface area contributed by atoms with Crippen molar-refractivity contribution >= 4 is 5.91 Å². The quantitative estimate of drug-likeness (QED) is 0.184. The maximum absolute atomic E-state index is 10.8. The summed E-state index contributed by atoms with van der Waals surface area (Å²) < 4.78 is 16.3. The van der Waals surface area contributed by atoms with E-state index in [0.29, 0.717) is 46.2 Å². The van der Waals surface area contributed by atoms with E-state index in [1.54, 1.807) is 0 Å². The predicted molar refractivity (Wildman–Crippen MR) is 108 cm³/mol. The normalized spacial score (nSPS) is 10.4. The summed E-state index contributed by atoms with van der Waals surface area (Å²) in [5.74, 6) is -0.136. The highest BCUT2D eigenvalue weighted by atomic mass is 16.5. The van der Waals surface area contributed by atoms with Crippen molar-refractivity contribution in [2.75, 3.05) is 52.7 Å². The van der Waals surface area contributed by atoms with Crippen LogP contribution in [0.1, 0.15) is 39.0 Å². The first-order chi connectivity index (χ1) is 13.1. The van der Waals surface area contributed by atoms with Gasteiger partial charge in [0.05, 0.1) is 26.4 Å². The summed E-state index contributed by atoms with van der Waals surface area (Å²) in [6, 6.07) is 0. The molecule has 8 nitrogen and oxygen atoms in total. The van der Waals surface area contributed by atoms with Crippen molar-refractivity contribution in [2.45, 2.75) is 39.0 Å². The zero-order valence-electron chi connectivity index (χ0n) is 16.8. The van der Waals surface area contributed by atoms with E-state index in [1.807, 2.05) is 0 Å². The fraction of sp³-hybridized carbons (Fsp3) is 0.737. The number of nitrogens with one attached hydrogen (secondary N) is 3. The number of hydrogen-bond donors (Lipinski definition) is 4. The average Bonchev–Trinajstić information content (AvgIpc) is 2.63. The molecule has 0 radical (unpaired) electrons. The van der Waals surface area contributed by atoms with E-state index < -0.39 is 0 Å². The van der Waals surface area contributed by atoms with E-state index in [1.165, 1.54) is 6.92 Å². The molecule has 0 aliphatic carbocycles. The number of carbonyl (C=O) groups excluding carboxylic acids is 1. The molecule has 8 heteroatoms. The van der Waals surface area contributed by atoms with Crippen molar-refractivity contribution in [2.24, 2.45) is 5.73 Å². The highest BCUT2D eigenvalue weighted by Gasteiger charge is 1.98. The molecule has 0 aromatic rings. The minimum absolute atomic E-state index is 0.136. The second-order valence-electron chi connectivity index (χ2n) is 6.13. The van der Waals surface area contributed by atoms with Gasteiger partial charge in [-0.3, -0.25) is 10.2 Å². The van der Waals surface area contributed by atoms with E-state index in [2.05, 4.69) is 29.3 Å². The molecular weight excluding hydrogens is 348 g/mol. The van der Waals surface area contributed by atoms with Crippen LogP contribution in [0.15, 0.2) is 24.6 Å². The van der Waals surface area contributed by atoms with Gasteiger partial charge in [0.1, 0.15) is 0 Å². The molecule has 0 saturated carbocycles. The number of rotatable bonds is 20. The molecule has 0 aliphatic rings. The van der Waals surface area contributed by atoms with E-state index in [-0.39, 0.29) is 5.91 Å². The van der Waals surface area contributed by atoms with E-state index in [4.69, 9.17) is 19.9 Å². The van der Waals surface area contributed by atoms with Gasteiger partial charge < -0.3 is 30.7 Å². The van der Waals surface area contributed by atoms with Crippen LogP contribution in [0.5, 0.6) is 0 Å². The Morgan fingerprint density at radius 1 is 0.815 bits per heavy atom. The number of carbonyl (C=O) groups is 1. The fourth-order valence-electron chi connectivity index (χ4n) is 2.01. The lowest BCUT2D eigenvalue weighted by Crippen LogP contribution is -2.34. The van der Waals surface area contributed by atoms with Gasteiger partial charge in [0, 0.05) is 38.1 Å². The zero-order chi connectivity index (χ0) is 20.2. The Balaban J connectivity index is 3.27. The second-order valence-corrected chi connectivity index (χ2v) is 6.13. The van der Waals surface area contributed by atoms with Crippen molar-refractivity contribution in [1.29, 1.82) is 0 Å². The Morgan fingerprint density at radius 2 is 1.37 bits per heavy atom. The molecule has 158 valence electrons. The highest BCUT2D eigenvalue weighted by Crippen LogP contribution is 2.06. The average molecular weight is 387 g/mol. The van der Waals surface area contributed by atoms with E-state index in [9.17, 15) is 4.79 Å². The van der Waals surface area contributed by atoms with Crippen LogP contribution in [0.25, 0.3) is 0 Å². The van der Waals surface area contributed by atoms with Gasteiger partial charge in [-0.2, -0.15) is 0 Å². The van der Waals surface area contributed by atoms with Gasteiger partial charge in [0.25, 0.3) is 0 Å². The summed E-state index contributed by atoms with van der Waals surface area (Å²) in [5, 5.41) is 3.29. The molecule has 0 spiro atoms. The highest BCUT2D eigenvalue weighted by molar-refractivity contribution is 5.72. The maximum Gasteiger partial charge on any atom is 0.235 e. The number of hydrogen-bond acceptors (Lipinski definition) is 7. The van der Waals surface area contributed by atoms with Crippen LogP contribution in [0.2, 0.25) is 0 Å². The number of amides is 1. The summed E-state index contributed by atoms with van der Waals surface area (Å²) >= 11 is 0. The molecule has 0 saturated heterocycles. The molecule has 5 N–H and O–H groups in total. The molecule has 27 heavy (non-hydrogen) atoms. The van der Waals surface area contributed by atoms with Gasteiger partial charge in [0.2, 0.25) is 5.91 Å². The number of nitrogens with two attached hydrogens (primary N) is 1. The Morgan fingerprint density at radius 3 is 1.96 bits per heavy atom. The third-order valence-electron chi connectivity index (χ3n) is 3.45. The molecular formula is C19H38N4O4. The van der Waals surface area contributed by atoms with Crippen molar-refractivity contribution in [3.05, 3.63) is 24.6 Å². The van der Waals surface area contributed by atoms with Gasteiger partial charge in [-0.15, -0.1) is 0 Å². The van der Waals surface area contributed by atoms with Crippen LogP contribution in [0, 0.1) is 0 Å². The molecule has 0 rings (SSSR count). The Hall–Kier alpha value is -1.61. The first kappa shape index (κ1) is 25.4. The van der Waals surface area contributed by atoms with Gasteiger partial charge in [0.15, 0.2) is 0 Å². The van der Waals surface area contributed by atoms with Gasteiger partial charge >= 0.3 is 0 Å². The lowest BCUT2D eigenvalue weighted by molar-refractivity contribution is -0.119. The van der Waals surface area contributed by atoms with Crippen molar-refractivity contribution in [1.82, 2.24) is 16.2 Å². The van der Waals surface area contributed by atoms with Gasteiger partial charge in [-0.1, -0.05) is 13.2 Å². The fourth-order valence-corrected chi connectivity index (χ4v) is 2.01. The molecule has 0 heterocycles. The van der Waals surface area contributed by atoms with Crippen molar-refractivity contribution < 1.29 is 19.0 Å². The maximum atomic E-state index is 10.8. The first-order valence-electron chi connectivity index (χ1n) is 9.61. The van der Waals surface area contributed by atoms with Gasteiger partial charge in [-0.25, -0.2) is 0 Å². The Kier molecular flexibility index (Phi) is 18.0. The molecule has 0 atom stereocenters. The molecule has 0 fully saturated rings. The Bertz CT molecular complexity index is 405. The SMILES string of the molecule is C=C(CCCC(=C)NNC(C)=O)NCCCOCCOCCOCCCN. The molecule has 0 aromatic heterocycles. The lowest BCUT2D eigenvalue weighted by atomic mass is 10.2. The third kappa shape index (κ3) is 20.6. The summed E-state index contributed by atoms with van der Waals surface area (Å²) in [5.41, 5.74) is 12.4. The van der Waals surface area contributed by atoms with Gasteiger partial charge in [-0.05, 0) is 38.6 Å². The first-order valence-corrected chi connectivity index (χ1v) is 9.61. The van der Waals surface area contributed by atoms with Crippen LogP contribution in [0.4, 0.5) is 0 Å². The standard InChI is InChI=1S/C19H38N4O4/c1-17(7-4-8-18(2)22-23-19(3)24)21-10-6-12-26-14-16-27-15-13-25-11-5-9-20/h21-22H,1-2,4-16,20H2,3H3,(H,23,24). The smallest absolute Gasteiger partial charge is 0.235 e. The molecule has 0 aliphatic heterocycles. The topological polar surface area (TPSA) is 107 Å². The zero-order valence-corrected chi connectivity index (χ0v) is 16.8. The van der Waals surface area contributed by atoms with Crippen molar-refractivity contribution in [3.63, 3.8) is 0 Å². The van der Waals surface area contributed by atoms with Crippen LogP contribution in [-0.2, 0) is 19.0 Å².